The van der Waals surface area contributed by atoms with Gasteiger partial charge in [-0.1, -0.05) is 0 Å². The summed E-state index contributed by atoms with van der Waals surface area (Å²) in [5.74, 6) is -7.98. The summed E-state index contributed by atoms with van der Waals surface area (Å²) in [5.41, 5.74) is 0. The zero-order valence-corrected chi connectivity index (χ0v) is 12.9. The molecule has 14 nitrogen and oxygen atoms in total. The van der Waals surface area contributed by atoms with Crippen LogP contribution in [0, 0.1) is 0 Å². The Labute approximate surface area is 144 Å². The van der Waals surface area contributed by atoms with E-state index in [4.69, 9.17) is 46.0 Å². The fourth-order valence-electron chi connectivity index (χ4n) is 1.21. The van der Waals surface area contributed by atoms with E-state index in [9.17, 15) is 24.0 Å². The zero-order chi connectivity index (χ0) is 21.2. The summed E-state index contributed by atoms with van der Waals surface area (Å²) in [6.07, 6.45) is -11.8. The van der Waals surface area contributed by atoms with E-state index in [1.807, 2.05) is 0 Å². The molecule has 0 radical (unpaired) electrons. The number of carbonyl (C=O) groups excluding carboxylic acids is 1. The van der Waals surface area contributed by atoms with Gasteiger partial charge in [-0.2, -0.15) is 0 Å². The predicted molar refractivity (Wildman–Crippen MR) is 74.8 cm³/mol. The summed E-state index contributed by atoms with van der Waals surface area (Å²) in [6, 6.07) is 0. The molecule has 14 heteroatoms. The maximum Gasteiger partial charge on any atom is 0.372 e. The molecule has 0 unspecified atom stereocenters. The lowest BCUT2D eigenvalue weighted by molar-refractivity contribution is -0.161. The van der Waals surface area contributed by atoms with Gasteiger partial charge < -0.3 is 46.0 Å². The van der Waals surface area contributed by atoms with E-state index in [-0.39, 0.29) is 0 Å². The first-order valence-electron chi connectivity index (χ1n) is 6.56. The van der Waals surface area contributed by atoms with Crippen molar-refractivity contribution in [1.82, 2.24) is 0 Å². The lowest BCUT2D eigenvalue weighted by atomic mass is 10.1. The number of aliphatic hydroxyl groups excluding tert-OH is 5. The molecule has 26 heavy (non-hydrogen) atoms. The van der Waals surface area contributed by atoms with Gasteiger partial charge in [-0.3, -0.25) is 9.59 Å². The van der Waals surface area contributed by atoms with Gasteiger partial charge in [0.2, 0.25) is 5.78 Å². The smallest absolute Gasteiger partial charge is 0.372 e. The van der Waals surface area contributed by atoms with Crippen molar-refractivity contribution in [1.29, 1.82) is 0 Å². The molecular formula is C12H18O14. The quantitative estimate of drug-likeness (QED) is 0.160. The van der Waals surface area contributed by atoms with E-state index in [1.165, 1.54) is 0 Å². The van der Waals surface area contributed by atoms with E-state index in [2.05, 4.69) is 0 Å². The first-order valence-corrected chi connectivity index (χ1v) is 6.56. The molecule has 0 aromatic rings. The minimum Gasteiger partial charge on any atom is -0.481 e. The number of Topliss-reactive ketones (excluding diaryl/α,β-unsaturated/α-hetero) is 1. The van der Waals surface area contributed by atoms with Gasteiger partial charge in [-0.15, -0.1) is 0 Å². The molecule has 150 valence electrons. The van der Waals surface area contributed by atoms with E-state index in [0.29, 0.717) is 0 Å². The van der Waals surface area contributed by atoms with Crippen LogP contribution in [0.4, 0.5) is 0 Å². The number of carboxylic acid groups (broad SMARTS) is 4. The Morgan fingerprint density at radius 1 is 0.615 bits per heavy atom. The molecule has 0 rings (SSSR count). The maximum absolute atomic E-state index is 10.4. The molecule has 9 N–H and O–H groups in total. The van der Waals surface area contributed by atoms with Crippen LogP contribution in [0.1, 0.15) is 12.8 Å². The van der Waals surface area contributed by atoms with Gasteiger partial charge in [-0.25, -0.2) is 14.4 Å². The van der Waals surface area contributed by atoms with Crippen molar-refractivity contribution in [3.8, 4) is 0 Å². The topological polar surface area (TPSA) is 267 Å². The molecule has 0 fully saturated rings. The van der Waals surface area contributed by atoms with Crippen LogP contribution < -0.4 is 0 Å². The highest BCUT2D eigenvalue weighted by molar-refractivity contribution is 6.32. The van der Waals surface area contributed by atoms with Crippen molar-refractivity contribution in [2.24, 2.45) is 0 Å². The molecule has 5 atom stereocenters. The summed E-state index contributed by atoms with van der Waals surface area (Å²) in [6.45, 7) is 0. The van der Waals surface area contributed by atoms with Crippen LogP contribution in [-0.2, 0) is 24.0 Å². The molecular weight excluding hydrogens is 368 g/mol. The fourth-order valence-corrected chi connectivity index (χ4v) is 1.21. The Balaban J connectivity index is 0. The van der Waals surface area contributed by atoms with Crippen molar-refractivity contribution in [3.05, 3.63) is 0 Å². The van der Waals surface area contributed by atoms with E-state index in [0.717, 1.165) is 0 Å². The summed E-state index contributed by atoms with van der Waals surface area (Å²) < 4.78 is 0. The Morgan fingerprint density at radius 3 is 1.35 bits per heavy atom. The minimum absolute atomic E-state index is 0.828. The standard InChI is InChI=1S/C6H10O7.C6H8O7/c7-2(1-3(8)9)4(10)5(11)6(12)13;7-2(4(9)6(12)13)1-3(8)5(10)11/h2,4-5,7,10-11H,1H2,(H,8,9)(H,12,13);2,4,7,9H,1H2,(H,10,11)(H,12,13)/t2-,4+,5+;2-,4+/m10/s1. The highest BCUT2D eigenvalue weighted by Crippen LogP contribution is 2.04. The van der Waals surface area contributed by atoms with Crippen LogP contribution in [0.25, 0.3) is 0 Å². The second-order valence-corrected chi connectivity index (χ2v) is 4.72. The average molecular weight is 386 g/mol. The SMILES string of the molecule is O=C(O)C(=O)C[C@H](O)[C@@H](O)C(=O)O.O=C(O)C[C@@H](O)[C@H](O)[C@H](O)C(=O)O. The van der Waals surface area contributed by atoms with Crippen LogP contribution in [0.15, 0.2) is 0 Å². The lowest BCUT2D eigenvalue weighted by Crippen LogP contribution is -2.43. The summed E-state index contributed by atoms with van der Waals surface area (Å²) in [7, 11) is 0. The van der Waals surface area contributed by atoms with Gasteiger partial charge in [-0.05, 0) is 0 Å². The number of hydrogen-bond donors (Lipinski definition) is 9. The van der Waals surface area contributed by atoms with Gasteiger partial charge in [0.15, 0.2) is 12.2 Å². The molecule has 0 aromatic carbocycles. The van der Waals surface area contributed by atoms with Crippen LogP contribution in [0.5, 0.6) is 0 Å². The largest absolute Gasteiger partial charge is 0.481 e. The summed E-state index contributed by atoms with van der Waals surface area (Å²) in [5, 5.41) is 76.3. The van der Waals surface area contributed by atoms with E-state index >= 15 is 0 Å². The second kappa shape index (κ2) is 11.8. The molecule has 0 aromatic heterocycles. The summed E-state index contributed by atoms with van der Waals surface area (Å²) >= 11 is 0. The van der Waals surface area contributed by atoms with Crippen LogP contribution in [0.2, 0.25) is 0 Å². The van der Waals surface area contributed by atoms with Gasteiger partial charge in [0, 0.05) is 6.42 Å². The number of aliphatic hydroxyl groups is 5. The van der Waals surface area contributed by atoms with Crippen LogP contribution >= 0.6 is 0 Å². The number of carbonyl (C=O) groups is 5. The number of aliphatic carboxylic acids is 4. The minimum atomic E-state index is -2.19. The second-order valence-electron chi connectivity index (χ2n) is 4.72. The lowest BCUT2D eigenvalue weighted by Gasteiger charge is -2.18. The number of hydrogen-bond acceptors (Lipinski definition) is 10. The van der Waals surface area contributed by atoms with Gasteiger partial charge in [0.05, 0.1) is 18.6 Å². The normalized spacial score (nSPS) is 16.0. The van der Waals surface area contributed by atoms with Crippen molar-refractivity contribution in [3.63, 3.8) is 0 Å². The Hall–Kier alpha value is -2.65. The number of ketones is 1. The fraction of sp³-hybridized carbons (Fsp3) is 0.583. The molecule has 0 bridgehead atoms. The molecule has 0 amide bonds. The Morgan fingerprint density at radius 2 is 1.04 bits per heavy atom. The number of carboxylic acids is 4. The monoisotopic (exact) mass is 386 g/mol. The first kappa shape index (κ1) is 25.6. The van der Waals surface area contributed by atoms with Crippen molar-refractivity contribution in [2.45, 2.75) is 43.4 Å². The highest BCUT2D eigenvalue weighted by Gasteiger charge is 2.31. The molecule has 0 aliphatic carbocycles. The van der Waals surface area contributed by atoms with Crippen molar-refractivity contribution >= 4 is 29.7 Å². The van der Waals surface area contributed by atoms with Crippen molar-refractivity contribution < 1.29 is 69.9 Å². The first-order chi connectivity index (χ1) is 11.7. The maximum atomic E-state index is 10.4. The van der Waals surface area contributed by atoms with Crippen LogP contribution in [0.3, 0.4) is 0 Å². The average Bonchev–Trinajstić information content (AvgIpc) is 2.51. The summed E-state index contributed by atoms with van der Waals surface area (Å²) in [4.78, 5) is 50.4. The number of rotatable bonds is 10. The third kappa shape index (κ3) is 10.3. The molecule has 0 saturated heterocycles. The predicted octanol–water partition coefficient (Wildman–Crippen LogP) is -4.53. The van der Waals surface area contributed by atoms with Gasteiger partial charge in [0.25, 0.3) is 0 Å². The zero-order valence-electron chi connectivity index (χ0n) is 12.9. The van der Waals surface area contributed by atoms with E-state index in [1.54, 1.807) is 0 Å². The highest BCUT2D eigenvalue weighted by atomic mass is 16.4. The Kier molecular flexibility index (Phi) is 11.6. The molecule has 0 spiro atoms. The third-order valence-corrected chi connectivity index (χ3v) is 2.61. The Bertz CT molecular complexity index is 528. The van der Waals surface area contributed by atoms with Crippen LogP contribution in [-0.4, -0.2) is 106 Å². The molecule has 0 aliphatic heterocycles. The molecule has 0 heterocycles. The molecule has 0 aliphatic rings. The third-order valence-electron chi connectivity index (χ3n) is 2.61. The van der Waals surface area contributed by atoms with E-state index < -0.39 is 73.0 Å². The van der Waals surface area contributed by atoms with Gasteiger partial charge in [0.1, 0.15) is 6.10 Å². The van der Waals surface area contributed by atoms with Crippen molar-refractivity contribution in [2.75, 3.05) is 0 Å². The molecule has 0 saturated carbocycles. The van der Waals surface area contributed by atoms with Gasteiger partial charge >= 0.3 is 23.9 Å².